The molecule has 0 bridgehead atoms. The summed E-state index contributed by atoms with van der Waals surface area (Å²) < 4.78 is 11.2. The van der Waals surface area contributed by atoms with Gasteiger partial charge in [0.2, 0.25) is 5.91 Å². The number of anilines is 1. The summed E-state index contributed by atoms with van der Waals surface area (Å²) in [6.07, 6.45) is 0. The smallest absolute Gasteiger partial charge is 0.277 e. The van der Waals surface area contributed by atoms with E-state index in [0.717, 1.165) is 28.6 Å². The van der Waals surface area contributed by atoms with E-state index in [1.807, 2.05) is 44.2 Å². The molecule has 0 aliphatic rings. The quantitative estimate of drug-likeness (QED) is 0.578. The molecule has 2 aromatic carbocycles. The zero-order chi connectivity index (χ0) is 19.2. The van der Waals surface area contributed by atoms with Crippen molar-refractivity contribution in [3.05, 3.63) is 64.5 Å². The van der Waals surface area contributed by atoms with Crippen LogP contribution in [0.5, 0.6) is 5.75 Å². The SMILES string of the molecule is Cc1ccc(Cl)cc1NC(=O)CSc1nnc(COc2ccccc2C)o1. The minimum atomic E-state index is -0.179. The molecule has 8 heteroatoms. The molecule has 6 nitrogen and oxygen atoms in total. The van der Waals surface area contributed by atoms with E-state index in [9.17, 15) is 4.79 Å². The van der Waals surface area contributed by atoms with Crippen LogP contribution in [0.2, 0.25) is 5.02 Å². The summed E-state index contributed by atoms with van der Waals surface area (Å²) in [5, 5.41) is 11.6. The molecule has 27 heavy (non-hydrogen) atoms. The van der Waals surface area contributed by atoms with Crippen molar-refractivity contribution in [2.75, 3.05) is 11.1 Å². The highest BCUT2D eigenvalue weighted by molar-refractivity contribution is 7.99. The standard InChI is InChI=1S/C19H18ClN3O3S/c1-12-7-8-14(20)9-15(12)21-17(24)11-27-19-23-22-18(26-19)10-25-16-6-4-3-5-13(16)2/h3-9H,10-11H2,1-2H3,(H,21,24). The maximum Gasteiger partial charge on any atom is 0.277 e. The van der Waals surface area contributed by atoms with Crippen LogP contribution in [0.15, 0.2) is 52.1 Å². The van der Waals surface area contributed by atoms with Gasteiger partial charge >= 0.3 is 0 Å². The Morgan fingerprint density at radius 2 is 2.00 bits per heavy atom. The fraction of sp³-hybridized carbons (Fsp3) is 0.211. The largest absolute Gasteiger partial charge is 0.484 e. The lowest BCUT2D eigenvalue weighted by atomic mass is 10.2. The fourth-order valence-electron chi connectivity index (χ4n) is 2.26. The van der Waals surface area contributed by atoms with E-state index in [1.54, 1.807) is 12.1 Å². The summed E-state index contributed by atoms with van der Waals surface area (Å²) in [7, 11) is 0. The van der Waals surface area contributed by atoms with E-state index in [-0.39, 0.29) is 18.3 Å². The lowest BCUT2D eigenvalue weighted by Crippen LogP contribution is -2.14. The average molecular weight is 404 g/mol. The molecule has 0 radical (unpaired) electrons. The van der Waals surface area contributed by atoms with Gasteiger partial charge in [0.25, 0.3) is 11.1 Å². The number of hydrogen-bond donors (Lipinski definition) is 1. The van der Waals surface area contributed by atoms with Crippen LogP contribution in [0.4, 0.5) is 5.69 Å². The molecule has 140 valence electrons. The molecule has 1 amide bonds. The summed E-state index contributed by atoms with van der Waals surface area (Å²) in [4.78, 5) is 12.1. The number of benzene rings is 2. The summed E-state index contributed by atoms with van der Waals surface area (Å²) >= 11 is 7.12. The number of ether oxygens (including phenoxy) is 1. The number of amides is 1. The first-order chi connectivity index (χ1) is 13.0. The Hall–Kier alpha value is -2.51. The van der Waals surface area contributed by atoms with Gasteiger partial charge in [0, 0.05) is 10.7 Å². The van der Waals surface area contributed by atoms with Crippen LogP contribution in [0.3, 0.4) is 0 Å². The molecule has 0 saturated carbocycles. The third-order valence-corrected chi connectivity index (χ3v) is 4.75. The monoisotopic (exact) mass is 403 g/mol. The number of rotatable bonds is 7. The normalized spacial score (nSPS) is 10.6. The highest BCUT2D eigenvalue weighted by Gasteiger charge is 2.12. The fourth-order valence-corrected chi connectivity index (χ4v) is 3.01. The number of aryl methyl sites for hydroxylation is 2. The molecule has 1 aromatic heterocycles. The zero-order valence-electron chi connectivity index (χ0n) is 14.9. The first-order valence-electron chi connectivity index (χ1n) is 8.21. The lowest BCUT2D eigenvalue weighted by Gasteiger charge is -2.07. The van der Waals surface area contributed by atoms with E-state index in [4.69, 9.17) is 20.8 Å². The molecule has 0 aliphatic carbocycles. The van der Waals surface area contributed by atoms with Gasteiger partial charge in [-0.1, -0.05) is 47.6 Å². The van der Waals surface area contributed by atoms with Crippen molar-refractivity contribution in [3.63, 3.8) is 0 Å². The van der Waals surface area contributed by atoms with Gasteiger partial charge in [-0.15, -0.1) is 10.2 Å². The molecule has 0 aliphatic heterocycles. The predicted molar refractivity (Wildman–Crippen MR) is 105 cm³/mol. The van der Waals surface area contributed by atoms with Gasteiger partial charge in [0.05, 0.1) is 5.75 Å². The van der Waals surface area contributed by atoms with Crippen molar-refractivity contribution >= 4 is 35.0 Å². The van der Waals surface area contributed by atoms with Crippen molar-refractivity contribution in [3.8, 4) is 5.75 Å². The average Bonchev–Trinajstić information content (AvgIpc) is 3.10. The van der Waals surface area contributed by atoms with Crippen LogP contribution < -0.4 is 10.1 Å². The van der Waals surface area contributed by atoms with Gasteiger partial charge in [0.1, 0.15) is 5.75 Å². The summed E-state index contributed by atoms with van der Waals surface area (Å²) in [6.45, 7) is 4.04. The third-order valence-electron chi connectivity index (χ3n) is 3.69. The molecule has 0 unspecified atom stereocenters. The summed E-state index contributed by atoms with van der Waals surface area (Å²) in [6, 6.07) is 13.0. The van der Waals surface area contributed by atoms with Gasteiger partial charge in [-0.2, -0.15) is 0 Å². The van der Waals surface area contributed by atoms with Crippen LogP contribution in [-0.4, -0.2) is 21.9 Å². The summed E-state index contributed by atoms with van der Waals surface area (Å²) in [5.74, 6) is 1.08. The van der Waals surface area contributed by atoms with Crippen molar-refractivity contribution in [1.29, 1.82) is 0 Å². The second-order valence-corrected chi connectivity index (χ2v) is 7.18. The number of hydrogen-bond acceptors (Lipinski definition) is 6. The molecule has 3 aromatic rings. The second kappa shape index (κ2) is 8.92. The number of halogens is 1. The number of thioether (sulfide) groups is 1. The predicted octanol–water partition coefficient (Wildman–Crippen LogP) is 4.65. The molecule has 0 spiro atoms. The molecular weight excluding hydrogens is 386 g/mol. The molecular formula is C19H18ClN3O3S. The van der Waals surface area contributed by atoms with Gasteiger partial charge in [0.15, 0.2) is 6.61 Å². The van der Waals surface area contributed by atoms with Crippen molar-refractivity contribution in [2.24, 2.45) is 0 Å². The Balaban J connectivity index is 1.50. The number of nitrogens with zero attached hydrogens (tertiary/aromatic N) is 2. The maximum atomic E-state index is 12.1. The molecule has 0 atom stereocenters. The zero-order valence-corrected chi connectivity index (χ0v) is 16.4. The van der Waals surface area contributed by atoms with Crippen molar-refractivity contribution in [1.82, 2.24) is 10.2 Å². The Morgan fingerprint density at radius 3 is 2.81 bits per heavy atom. The van der Waals surface area contributed by atoms with Crippen LogP contribution in [0.1, 0.15) is 17.0 Å². The van der Waals surface area contributed by atoms with Crippen LogP contribution in [0.25, 0.3) is 0 Å². The Labute approximate surface area is 166 Å². The number of carbonyl (C=O) groups is 1. The van der Waals surface area contributed by atoms with E-state index < -0.39 is 0 Å². The van der Waals surface area contributed by atoms with E-state index in [2.05, 4.69) is 15.5 Å². The first-order valence-corrected chi connectivity index (χ1v) is 9.57. The van der Waals surface area contributed by atoms with E-state index in [0.29, 0.717) is 21.8 Å². The van der Waals surface area contributed by atoms with Crippen molar-refractivity contribution in [2.45, 2.75) is 25.7 Å². The van der Waals surface area contributed by atoms with Gasteiger partial charge in [-0.3, -0.25) is 4.79 Å². The highest BCUT2D eigenvalue weighted by atomic mass is 35.5. The lowest BCUT2D eigenvalue weighted by molar-refractivity contribution is -0.113. The van der Waals surface area contributed by atoms with Crippen molar-refractivity contribution < 1.29 is 13.9 Å². The Morgan fingerprint density at radius 1 is 1.19 bits per heavy atom. The molecule has 1 N–H and O–H groups in total. The topological polar surface area (TPSA) is 77.2 Å². The Bertz CT molecular complexity index is 945. The number of carbonyl (C=O) groups excluding carboxylic acids is 1. The molecule has 3 rings (SSSR count). The minimum absolute atomic E-state index is 0.145. The number of aromatic nitrogens is 2. The van der Waals surface area contributed by atoms with Crippen LogP contribution >= 0.6 is 23.4 Å². The maximum absolute atomic E-state index is 12.1. The van der Waals surface area contributed by atoms with E-state index >= 15 is 0 Å². The first kappa shape index (κ1) is 19.3. The van der Waals surface area contributed by atoms with Crippen LogP contribution in [0, 0.1) is 13.8 Å². The molecule has 1 heterocycles. The van der Waals surface area contributed by atoms with Crippen LogP contribution in [-0.2, 0) is 11.4 Å². The molecule has 0 fully saturated rings. The van der Waals surface area contributed by atoms with Gasteiger partial charge in [-0.25, -0.2) is 0 Å². The van der Waals surface area contributed by atoms with Gasteiger partial charge < -0.3 is 14.5 Å². The highest BCUT2D eigenvalue weighted by Crippen LogP contribution is 2.22. The second-order valence-electron chi connectivity index (χ2n) is 5.81. The van der Waals surface area contributed by atoms with E-state index in [1.165, 1.54) is 0 Å². The third kappa shape index (κ3) is 5.48. The number of nitrogens with one attached hydrogen (secondary N) is 1. The number of para-hydroxylation sites is 1. The molecule has 0 saturated heterocycles. The summed E-state index contributed by atoms with van der Waals surface area (Å²) in [5.41, 5.74) is 2.65. The van der Waals surface area contributed by atoms with Gasteiger partial charge in [-0.05, 0) is 43.2 Å². The minimum Gasteiger partial charge on any atom is -0.484 e. The Kier molecular flexibility index (Phi) is 6.36.